The summed E-state index contributed by atoms with van der Waals surface area (Å²) < 4.78 is 5.13. The highest BCUT2D eigenvalue weighted by Gasteiger charge is 2.55. The van der Waals surface area contributed by atoms with E-state index in [-0.39, 0.29) is 30.4 Å². The van der Waals surface area contributed by atoms with Gasteiger partial charge in [-0.3, -0.25) is 19.3 Å². The van der Waals surface area contributed by atoms with Gasteiger partial charge in [0.1, 0.15) is 12.1 Å². The van der Waals surface area contributed by atoms with E-state index in [1.54, 1.807) is 4.90 Å². The molecule has 8 heteroatoms. The number of hydrogen-bond acceptors (Lipinski definition) is 5. The predicted molar refractivity (Wildman–Crippen MR) is 106 cm³/mol. The average molecular weight is 408 g/mol. The molecule has 2 saturated carbocycles. The zero-order chi connectivity index (χ0) is 21.0. The van der Waals surface area contributed by atoms with Crippen LogP contribution in [0, 0.1) is 5.92 Å². The number of carbonyl (C=O) groups is 4. The van der Waals surface area contributed by atoms with Gasteiger partial charge in [-0.1, -0.05) is 39.0 Å². The van der Waals surface area contributed by atoms with Crippen molar-refractivity contribution < 1.29 is 23.9 Å². The van der Waals surface area contributed by atoms with Crippen LogP contribution in [0.4, 0.5) is 4.79 Å². The number of nitrogens with zero attached hydrogens (tertiary/aromatic N) is 2. The van der Waals surface area contributed by atoms with Crippen LogP contribution in [0.5, 0.6) is 0 Å². The van der Waals surface area contributed by atoms with Crippen molar-refractivity contribution in [2.75, 3.05) is 19.7 Å². The minimum atomic E-state index is -0.897. The van der Waals surface area contributed by atoms with E-state index in [1.165, 1.54) is 6.42 Å². The van der Waals surface area contributed by atoms with E-state index < -0.39 is 24.1 Å². The van der Waals surface area contributed by atoms with Crippen molar-refractivity contribution in [2.24, 2.45) is 5.92 Å². The molecule has 29 heavy (non-hydrogen) atoms. The van der Waals surface area contributed by atoms with E-state index in [2.05, 4.69) is 5.32 Å². The molecule has 1 N–H and O–H groups in total. The molecule has 4 amide bonds. The van der Waals surface area contributed by atoms with Gasteiger partial charge in [-0.2, -0.15) is 0 Å². The van der Waals surface area contributed by atoms with Crippen molar-refractivity contribution in [1.29, 1.82) is 0 Å². The van der Waals surface area contributed by atoms with Gasteiger partial charge in [0.25, 0.3) is 11.8 Å². The van der Waals surface area contributed by atoms with Crippen molar-refractivity contribution in [1.82, 2.24) is 15.1 Å². The summed E-state index contributed by atoms with van der Waals surface area (Å²) in [5, 5.41) is 2.81. The van der Waals surface area contributed by atoms with Crippen molar-refractivity contribution in [3.63, 3.8) is 0 Å². The van der Waals surface area contributed by atoms with Crippen LogP contribution in [0.3, 0.4) is 0 Å². The second kappa shape index (κ2) is 9.13. The van der Waals surface area contributed by atoms with Crippen LogP contribution in [0.2, 0.25) is 0 Å². The van der Waals surface area contributed by atoms with Crippen LogP contribution in [-0.4, -0.2) is 64.9 Å². The second-order valence-corrected chi connectivity index (χ2v) is 8.57. The highest BCUT2D eigenvalue weighted by Crippen LogP contribution is 2.38. The Morgan fingerprint density at radius 2 is 1.83 bits per heavy atom. The van der Waals surface area contributed by atoms with Crippen LogP contribution in [0.1, 0.15) is 71.6 Å². The molecule has 8 nitrogen and oxygen atoms in total. The maximum atomic E-state index is 12.9. The van der Waals surface area contributed by atoms with Gasteiger partial charge in [0.05, 0.1) is 0 Å². The van der Waals surface area contributed by atoms with Crippen LogP contribution in [0.15, 0.2) is 0 Å². The van der Waals surface area contributed by atoms with E-state index in [1.807, 2.05) is 13.8 Å². The standard InChI is InChI=1S/C21H33N3O5/c1-3-23(16-10-5-4-6-11-16)17(25)14-29-18(26)13-24-19(27)21(22-20(24)28)12-8-7-9-15(21)2/h15-16H,3-14H2,1-2H3,(H,22,28)/t15-,21+/m1/s1. The minimum absolute atomic E-state index is 0.0314. The van der Waals surface area contributed by atoms with Crippen molar-refractivity contribution >= 4 is 23.8 Å². The molecule has 1 heterocycles. The molecule has 3 rings (SSSR count). The second-order valence-electron chi connectivity index (χ2n) is 8.57. The number of hydrogen-bond donors (Lipinski definition) is 1. The molecular weight excluding hydrogens is 374 g/mol. The van der Waals surface area contributed by atoms with Crippen molar-refractivity contribution in [3.8, 4) is 0 Å². The summed E-state index contributed by atoms with van der Waals surface area (Å²) in [5.41, 5.74) is -0.897. The third kappa shape index (κ3) is 4.41. The van der Waals surface area contributed by atoms with Crippen LogP contribution >= 0.6 is 0 Å². The monoisotopic (exact) mass is 407 g/mol. The number of rotatable bonds is 6. The lowest BCUT2D eigenvalue weighted by Crippen LogP contribution is -2.54. The smallest absolute Gasteiger partial charge is 0.326 e. The van der Waals surface area contributed by atoms with Gasteiger partial charge < -0.3 is 15.0 Å². The van der Waals surface area contributed by atoms with Gasteiger partial charge in [-0.05, 0) is 38.5 Å². The molecule has 162 valence electrons. The first-order chi connectivity index (χ1) is 13.9. The number of urea groups is 1. The lowest BCUT2D eigenvalue weighted by atomic mass is 9.73. The van der Waals surface area contributed by atoms with Gasteiger partial charge in [-0.15, -0.1) is 0 Å². The Morgan fingerprint density at radius 3 is 2.48 bits per heavy atom. The molecule has 1 aliphatic heterocycles. The normalized spacial score (nSPS) is 27.8. The number of imide groups is 1. The molecule has 2 aliphatic carbocycles. The minimum Gasteiger partial charge on any atom is -0.454 e. The lowest BCUT2D eigenvalue weighted by Gasteiger charge is -2.36. The highest BCUT2D eigenvalue weighted by atomic mass is 16.5. The molecule has 3 aliphatic rings. The topological polar surface area (TPSA) is 96.0 Å². The number of nitrogens with one attached hydrogen (secondary N) is 1. The molecule has 0 bridgehead atoms. The van der Waals surface area contributed by atoms with Crippen molar-refractivity contribution in [2.45, 2.75) is 83.2 Å². The average Bonchev–Trinajstić information content (AvgIpc) is 2.95. The molecule has 0 radical (unpaired) electrons. The Bertz CT molecular complexity index is 661. The zero-order valence-electron chi connectivity index (χ0n) is 17.6. The number of esters is 1. The van der Waals surface area contributed by atoms with Crippen LogP contribution < -0.4 is 5.32 Å². The Morgan fingerprint density at radius 1 is 1.14 bits per heavy atom. The fourth-order valence-electron chi connectivity index (χ4n) is 5.07. The van der Waals surface area contributed by atoms with Gasteiger partial charge in [-0.25, -0.2) is 4.79 Å². The fourth-order valence-corrected chi connectivity index (χ4v) is 5.07. The number of likely N-dealkylation sites (N-methyl/N-ethyl adjacent to an activating group) is 1. The van der Waals surface area contributed by atoms with Gasteiger partial charge >= 0.3 is 12.0 Å². The third-order valence-corrected chi connectivity index (χ3v) is 6.82. The van der Waals surface area contributed by atoms with Gasteiger partial charge in [0.15, 0.2) is 6.61 Å². The molecule has 0 aromatic rings. The van der Waals surface area contributed by atoms with Crippen LogP contribution in [0.25, 0.3) is 0 Å². The predicted octanol–water partition coefficient (Wildman–Crippen LogP) is 2.21. The van der Waals surface area contributed by atoms with E-state index >= 15 is 0 Å². The maximum absolute atomic E-state index is 12.9. The Balaban J connectivity index is 1.53. The van der Waals surface area contributed by atoms with Crippen LogP contribution in [-0.2, 0) is 19.1 Å². The molecule has 3 fully saturated rings. The molecule has 1 saturated heterocycles. The first kappa shape index (κ1) is 21.6. The summed E-state index contributed by atoms with van der Waals surface area (Å²) in [6.45, 7) is 3.65. The Labute approximate surface area is 172 Å². The SMILES string of the molecule is CCN(C(=O)COC(=O)CN1C(=O)N[C@]2(CCCC[C@H]2C)C1=O)C1CCCCC1. The summed E-state index contributed by atoms with van der Waals surface area (Å²) in [7, 11) is 0. The first-order valence-corrected chi connectivity index (χ1v) is 11.0. The van der Waals surface area contributed by atoms with Crippen molar-refractivity contribution in [3.05, 3.63) is 0 Å². The Kier molecular flexibility index (Phi) is 6.80. The fraction of sp³-hybridized carbons (Fsp3) is 0.810. The van der Waals surface area contributed by atoms with E-state index in [4.69, 9.17) is 4.74 Å². The third-order valence-electron chi connectivity index (χ3n) is 6.82. The summed E-state index contributed by atoms with van der Waals surface area (Å²) in [6.07, 6.45) is 8.75. The van der Waals surface area contributed by atoms with E-state index in [0.29, 0.717) is 13.0 Å². The molecule has 0 aromatic heterocycles. The molecule has 0 aromatic carbocycles. The lowest BCUT2D eigenvalue weighted by molar-refractivity contribution is -0.155. The van der Waals surface area contributed by atoms with E-state index in [0.717, 1.165) is 49.8 Å². The number of amides is 4. The summed E-state index contributed by atoms with van der Waals surface area (Å²) >= 11 is 0. The Hall–Kier alpha value is -2.12. The van der Waals surface area contributed by atoms with Gasteiger partial charge in [0.2, 0.25) is 0 Å². The first-order valence-electron chi connectivity index (χ1n) is 11.0. The quantitative estimate of drug-likeness (QED) is 0.538. The number of carbonyl (C=O) groups excluding carboxylic acids is 4. The number of ether oxygens (including phenoxy) is 1. The molecule has 2 atom stereocenters. The largest absolute Gasteiger partial charge is 0.454 e. The summed E-state index contributed by atoms with van der Waals surface area (Å²) in [6, 6.07) is -0.344. The maximum Gasteiger partial charge on any atom is 0.326 e. The molecule has 0 unspecified atom stereocenters. The highest BCUT2D eigenvalue weighted by molar-refractivity contribution is 6.09. The summed E-state index contributed by atoms with van der Waals surface area (Å²) in [4.78, 5) is 52.7. The molecular formula is C21H33N3O5. The zero-order valence-corrected chi connectivity index (χ0v) is 17.6. The summed E-state index contributed by atoms with van der Waals surface area (Å²) in [5.74, 6) is -1.27. The molecule has 1 spiro atoms. The van der Waals surface area contributed by atoms with E-state index in [9.17, 15) is 19.2 Å². The van der Waals surface area contributed by atoms with Gasteiger partial charge in [0, 0.05) is 12.6 Å².